The zero-order chi connectivity index (χ0) is 25.4. The Balaban J connectivity index is 1.59. The fourth-order valence-corrected chi connectivity index (χ4v) is 10.0. The van der Waals surface area contributed by atoms with E-state index in [1.165, 1.54) is 70.6 Å². The third-order valence-electron chi connectivity index (χ3n) is 9.38. The Morgan fingerprint density at radius 2 is 1.63 bits per heavy atom. The van der Waals surface area contributed by atoms with Gasteiger partial charge in [-0.3, -0.25) is 0 Å². The summed E-state index contributed by atoms with van der Waals surface area (Å²) in [6.07, 6.45) is 15.5. The summed E-state index contributed by atoms with van der Waals surface area (Å²) in [5.41, 5.74) is 3.71. The molecule has 0 radical (unpaired) electrons. The maximum Gasteiger partial charge on any atom is 0.242 e. The minimum absolute atomic E-state index is 0.380. The topological polar surface area (TPSA) is 18.5 Å². The minimum atomic E-state index is -1.61. The molecule has 0 bridgehead atoms. The van der Waals surface area contributed by atoms with Gasteiger partial charge in [0.25, 0.3) is 0 Å². The SMILES string of the molecule is CCCCCCC[C@@H]1C[C@@H]2[C@H](CC[C@]3(C)[C@@H](O[Si](C)(C)C)CC[C@@H]23)c2ccc(O[Si](C)(C)C)cc21. The molecular weight excluding hydrogens is 461 g/mol. The van der Waals surface area contributed by atoms with Crippen molar-refractivity contribution in [2.75, 3.05) is 0 Å². The highest BCUT2D eigenvalue weighted by Crippen LogP contribution is 2.63. The summed E-state index contributed by atoms with van der Waals surface area (Å²) in [6, 6.07) is 7.26. The van der Waals surface area contributed by atoms with E-state index in [1.807, 2.05) is 0 Å². The number of hydrogen-bond acceptors (Lipinski definition) is 2. The first-order valence-electron chi connectivity index (χ1n) is 14.9. The Hall–Kier alpha value is -0.586. The fourth-order valence-electron chi connectivity index (χ4n) is 7.96. The van der Waals surface area contributed by atoms with Gasteiger partial charge in [0.1, 0.15) is 5.75 Å². The molecule has 3 aliphatic carbocycles. The van der Waals surface area contributed by atoms with E-state index in [9.17, 15) is 0 Å². The summed E-state index contributed by atoms with van der Waals surface area (Å²) in [5, 5.41) is 0. The zero-order valence-electron chi connectivity index (χ0n) is 24.2. The number of hydrogen-bond donors (Lipinski definition) is 0. The first kappa shape index (κ1) is 27.4. The van der Waals surface area contributed by atoms with E-state index >= 15 is 0 Å². The molecule has 2 fully saturated rings. The lowest BCUT2D eigenvalue weighted by Gasteiger charge is -2.52. The average Bonchev–Trinajstić information content (AvgIpc) is 3.07. The molecule has 35 heavy (non-hydrogen) atoms. The standard InChI is InChI=1S/C31H54O2Si2/c1-9-10-11-12-13-14-23-21-28-26(25-16-15-24(22-27(23)25)32-34(3,4)5)19-20-31(2)29(28)17-18-30(31)33-35(6,7)8/h15-16,22-23,26,28-30H,9-14,17-21H2,1-8H3/t23-,26-,28-,29+,30+,31+/m1/s1. The largest absolute Gasteiger partial charge is 0.544 e. The van der Waals surface area contributed by atoms with Crippen LogP contribution in [0.4, 0.5) is 0 Å². The highest BCUT2D eigenvalue weighted by atomic mass is 28.4. The molecule has 4 heteroatoms. The van der Waals surface area contributed by atoms with Gasteiger partial charge in [-0.15, -0.1) is 0 Å². The number of fused-ring (bicyclic) bond motifs is 5. The minimum Gasteiger partial charge on any atom is -0.544 e. The van der Waals surface area contributed by atoms with Gasteiger partial charge in [-0.2, -0.15) is 0 Å². The molecule has 198 valence electrons. The van der Waals surface area contributed by atoms with Crippen molar-refractivity contribution < 1.29 is 8.85 Å². The van der Waals surface area contributed by atoms with Crippen LogP contribution >= 0.6 is 0 Å². The van der Waals surface area contributed by atoms with Crippen molar-refractivity contribution in [2.45, 2.75) is 142 Å². The van der Waals surface area contributed by atoms with Gasteiger partial charge in [-0.1, -0.05) is 52.0 Å². The molecule has 1 aromatic carbocycles. The lowest BCUT2D eigenvalue weighted by atomic mass is 9.53. The first-order chi connectivity index (χ1) is 16.4. The van der Waals surface area contributed by atoms with Crippen molar-refractivity contribution in [1.29, 1.82) is 0 Å². The lowest BCUT2D eigenvalue weighted by Crippen LogP contribution is -2.47. The van der Waals surface area contributed by atoms with E-state index in [1.54, 1.807) is 11.1 Å². The molecule has 0 unspecified atom stereocenters. The maximum atomic E-state index is 6.84. The number of unbranched alkanes of at least 4 members (excludes halogenated alkanes) is 4. The molecular formula is C31H54O2Si2. The Bertz CT molecular complexity index is 855. The van der Waals surface area contributed by atoms with Crippen LogP contribution in [0.1, 0.15) is 107 Å². The molecule has 3 aliphatic rings. The van der Waals surface area contributed by atoms with Crippen LogP contribution in [0.15, 0.2) is 18.2 Å². The molecule has 2 saturated carbocycles. The molecule has 1 aromatic rings. The summed E-state index contributed by atoms with van der Waals surface area (Å²) in [7, 11) is -3.13. The van der Waals surface area contributed by atoms with Crippen LogP contribution in [0.5, 0.6) is 5.75 Å². The highest BCUT2D eigenvalue weighted by Gasteiger charge is 2.56. The lowest BCUT2D eigenvalue weighted by molar-refractivity contribution is -0.0170. The van der Waals surface area contributed by atoms with Crippen LogP contribution in [0.3, 0.4) is 0 Å². The molecule has 0 N–H and O–H groups in total. The maximum absolute atomic E-state index is 6.84. The highest BCUT2D eigenvalue weighted by molar-refractivity contribution is 6.70. The summed E-state index contributed by atoms with van der Waals surface area (Å²) < 4.78 is 13.3. The fraction of sp³-hybridized carbons (Fsp3) is 0.806. The Kier molecular flexibility index (Phi) is 8.35. The summed E-state index contributed by atoms with van der Waals surface area (Å²) in [5.74, 6) is 4.24. The molecule has 0 heterocycles. The predicted molar refractivity (Wildman–Crippen MR) is 156 cm³/mol. The average molecular weight is 515 g/mol. The quantitative estimate of drug-likeness (QED) is 0.228. The smallest absolute Gasteiger partial charge is 0.242 e. The number of benzene rings is 1. The second kappa shape index (κ2) is 10.7. The summed E-state index contributed by atoms with van der Waals surface area (Å²) in [6.45, 7) is 18.9. The van der Waals surface area contributed by atoms with Crippen molar-refractivity contribution in [3.63, 3.8) is 0 Å². The third kappa shape index (κ3) is 6.29. The molecule has 2 nitrogen and oxygen atoms in total. The molecule has 0 saturated heterocycles. The van der Waals surface area contributed by atoms with E-state index in [2.05, 4.69) is 71.3 Å². The van der Waals surface area contributed by atoms with E-state index in [4.69, 9.17) is 8.85 Å². The number of rotatable bonds is 10. The third-order valence-corrected chi connectivity index (χ3v) is 11.2. The van der Waals surface area contributed by atoms with Crippen molar-refractivity contribution in [3.8, 4) is 5.75 Å². The van der Waals surface area contributed by atoms with Crippen LogP contribution in [0.2, 0.25) is 39.3 Å². The summed E-state index contributed by atoms with van der Waals surface area (Å²) in [4.78, 5) is 0. The summed E-state index contributed by atoms with van der Waals surface area (Å²) >= 11 is 0. The normalized spacial score (nSPS) is 32.6. The van der Waals surface area contributed by atoms with Crippen LogP contribution in [0.25, 0.3) is 0 Å². The van der Waals surface area contributed by atoms with Gasteiger partial charge in [0.05, 0.1) is 6.10 Å². The Morgan fingerprint density at radius 1 is 0.886 bits per heavy atom. The van der Waals surface area contributed by atoms with Crippen LogP contribution in [-0.2, 0) is 4.43 Å². The van der Waals surface area contributed by atoms with Crippen LogP contribution < -0.4 is 4.43 Å². The van der Waals surface area contributed by atoms with Crippen molar-refractivity contribution >= 4 is 16.6 Å². The first-order valence-corrected chi connectivity index (χ1v) is 21.7. The van der Waals surface area contributed by atoms with Gasteiger partial charge in [0, 0.05) is 0 Å². The molecule has 4 rings (SSSR count). The van der Waals surface area contributed by atoms with Gasteiger partial charge in [-0.05, 0) is 130 Å². The van der Waals surface area contributed by atoms with Crippen LogP contribution in [-0.4, -0.2) is 22.7 Å². The van der Waals surface area contributed by atoms with Gasteiger partial charge in [-0.25, -0.2) is 0 Å². The van der Waals surface area contributed by atoms with Crippen molar-refractivity contribution in [1.82, 2.24) is 0 Å². The van der Waals surface area contributed by atoms with E-state index < -0.39 is 16.6 Å². The monoisotopic (exact) mass is 514 g/mol. The molecule has 0 aromatic heterocycles. The Morgan fingerprint density at radius 3 is 2.31 bits per heavy atom. The molecule has 6 atom stereocenters. The Labute approximate surface area is 219 Å². The van der Waals surface area contributed by atoms with Gasteiger partial charge >= 0.3 is 0 Å². The second-order valence-electron chi connectivity index (χ2n) is 14.4. The zero-order valence-corrected chi connectivity index (χ0v) is 26.2. The predicted octanol–water partition coefficient (Wildman–Crippen LogP) is 9.88. The van der Waals surface area contributed by atoms with E-state index in [0.29, 0.717) is 17.4 Å². The second-order valence-corrected chi connectivity index (χ2v) is 23.2. The van der Waals surface area contributed by atoms with Gasteiger partial charge < -0.3 is 8.85 Å². The van der Waals surface area contributed by atoms with Crippen molar-refractivity contribution in [2.24, 2.45) is 17.3 Å². The van der Waals surface area contributed by atoms with E-state index in [0.717, 1.165) is 23.5 Å². The van der Waals surface area contributed by atoms with Crippen LogP contribution in [0, 0.1) is 17.3 Å². The molecule has 0 amide bonds. The van der Waals surface area contributed by atoms with Crippen molar-refractivity contribution in [3.05, 3.63) is 29.3 Å². The molecule has 0 spiro atoms. The van der Waals surface area contributed by atoms with E-state index in [-0.39, 0.29) is 0 Å². The van der Waals surface area contributed by atoms with Gasteiger partial charge in [0.15, 0.2) is 8.32 Å². The molecule has 0 aliphatic heterocycles. The van der Waals surface area contributed by atoms with Gasteiger partial charge in [0.2, 0.25) is 8.32 Å².